The fourth-order valence-electron chi connectivity index (χ4n) is 2.89. The monoisotopic (exact) mass is 346 g/mol. The topological polar surface area (TPSA) is 58.6 Å². The molecule has 1 aliphatic rings. The lowest BCUT2D eigenvalue weighted by atomic mass is 9.99. The molecule has 0 bridgehead atoms. The number of anilines is 2. The Hall–Kier alpha value is -2.21. The maximum Gasteiger partial charge on any atom is 0.324 e. The number of benzene rings is 2. The molecule has 0 aromatic heterocycles. The van der Waals surface area contributed by atoms with Gasteiger partial charge in [-0.1, -0.05) is 44.2 Å². The molecule has 0 aliphatic carbocycles. The van der Waals surface area contributed by atoms with E-state index in [0.717, 1.165) is 11.1 Å². The second-order valence-corrected chi connectivity index (χ2v) is 7.78. The van der Waals surface area contributed by atoms with Gasteiger partial charge >= 0.3 is 10.2 Å². The molecule has 24 heavy (non-hydrogen) atoms. The Morgan fingerprint density at radius 2 is 1.88 bits per heavy atom. The van der Waals surface area contributed by atoms with Gasteiger partial charge < -0.3 is 4.74 Å². The molecular weight excluding hydrogens is 324 g/mol. The predicted octanol–water partition coefficient (Wildman–Crippen LogP) is 3.67. The molecule has 6 heteroatoms. The van der Waals surface area contributed by atoms with Gasteiger partial charge in [-0.05, 0) is 36.1 Å². The Morgan fingerprint density at radius 1 is 1.12 bits per heavy atom. The van der Waals surface area contributed by atoms with Crippen molar-refractivity contribution in [1.29, 1.82) is 0 Å². The second kappa shape index (κ2) is 6.36. The van der Waals surface area contributed by atoms with E-state index in [4.69, 9.17) is 4.74 Å². The maximum absolute atomic E-state index is 13.0. The number of nitrogens with zero attached hydrogens (tertiary/aromatic N) is 1. The van der Waals surface area contributed by atoms with Crippen LogP contribution in [0.3, 0.4) is 0 Å². The number of ether oxygens (including phenoxy) is 1. The van der Waals surface area contributed by atoms with Gasteiger partial charge in [0.25, 0.3) is 0 Å². The molecule has 1 aliphatic heterocycles. The predicted molar refractivity (Wildman–Crippen MR) is 97.1 cm³/mol. The minimum atomic E-state index is -3.72. The van der Waals surface area contributed by atoms with Crippen molar-refractivity contribution in [3.8, 4) is 5.75 Å². The molecule has 0 spiro atoms. The first-order valence-corrected chi connectivity index (χ1v) is 9.46. The Balaban J connectivity index is 2.00. The minimum absolute atomic E-state index is 0.222. The van der Waals surface area contributed by atoms with Crippen molar-refractivity contribution < 1.29 is 13.2 Å². The van der Waals surface area contributed by atoms with Crippen LogP contribution in [0, 0.1) is 6.92 Å². The van der Waals surface area contributed by atoms with Gasteiger partial charge in [0.2, 0.25) is 0 Å². The summed E-state index contributed by atoms with van der Waals surface area (Å²) in [5.74, 6) is 0.808. The van der Waals surface area contributed by atoms with E-state index < -0.39 is 10.2 Å². The third-order valence-electron chi connectivity index (χ3n) is 4.13. The van der Waals surface area contributed by atoms with Gasteiger partial charge in [0.1, 0.15) is 12.4 Å². The smallest absolute Gasteiger partial charge is 0.324 e. The van der Waals surface area contributed by atoms with Gasteiger partial charge in [0.05, 0.1) is 17.9 Å². The van der Waals surface area contributed by atoms with Crippen molar-refractivity contribution in [2.45, 2.75) is 26.7 Å². The molecular formula is C18H22N2O3S. The summed E-state index contributed by atoms with van der Waals surface area (Å²) < 4.78 is 35.7. The van der Waals surface area contributed by atoms with E-state index in [1.807, 2.05) is 37.3 Å². The summed E-state index contributed by atoms with van der Waals surface area (Å²) in [6.45, 7) is 6.64. The van der Waals surface area contributed by atoms with Crippen LogP contribution in [-0.4, -0.2) is 21.6 Å². The highest BCUT2D eigenvalue weighted by Crippen LogP contribution is 2.34. The van der Waals surface area contributed by atoms with Crippen LogP contribution < -0.4 is 13.8 Å². The summed E-state index contributed by atoms with van der Waals surface area (Å²) in [5, 5.41) is 0. The van der Waals surface area contributed by atoms with Gasteiger partial charge in [-0.3, -0.25) is 4.72 Å². The highest BCUT2D eigenvalue weighted by atomic mass is 32.2. The molecule has 0 fully saturated rings. The highest BCUT2D eigenvalue weighted by molar-refractivity contribution is 7.94. The van der Waals surface area contributed by atoms with E-state index in [9.17, 15) is 8.42 Å². The van der Waals surface area contributed by atoms with Crippen LogP contribution in [0.4, 0.5) is 11.4 Å². The highest BCUT2D eigenvalue weighted by Gasteiger charge is 2.29. The lowest BCUT2D eigenvalue weighted by Gasteiger charge is -2.31. The van der Waals surface area contributed by atoms with E-state index >= 15 is 0 Å². The normalized spacial score (nSPS) is 14.2. The number of fused-ring (bicyclic) bond motifs is 1. The molecule has 1 heterocycles. The van der Waals surface area contributed by atoms with Crippen molar-refractivity contribution in [2.24, 2.45) is 0 Å². The number of aryl methyl sites for hydroxylation is 1. The van der Waals surface area contributed by atoms with Crippen LogP contribution in [0.2, 0.25) is 0 Å². The van der Waals surface area contributed by atoms with E-state index in [1.165, 1.54) is 4.31 Å². The zero-order valence-electron chi connectivity index (χ0n) is 14.1. The zero-order valence-corrected chi connectivity index (χ0v) is 14.9. The van der Waals surface area contributed by atoms with Crippen molar-refractivity contribution >= 4 is 21.6 Å². The zero-order chi connectivity index (χ0) is 17.3. The lowest BCUT2D eigenvalue weighted by Crippen LogP contribution is -2.41. The van der Waals surface area contributed by atoms with Crippen LogP contribution in [0.1, 0.15) is 30.9 Å². The van der Waals surface area contributed by atoms with Crippen LogP contribution >= 0.6 is 0 Å². The Labute approximate surface area is 143 Å². The quantitative estimate of drug-likeness (QED) is 0.919. The standard InChI is InChI=1S/C18H22N2O3S/c1-13(2)15-8-6-7-14(3)18(15)19-24(21,22)20-11-12-23-17-10-5-4-9-16(17)20/h4-10,13,19H,11-12H2,1-3H3. The summed E-state index contributed by atoms with van der Waals surface area (Å²) in [6, 6.07) is 13.0. The molecule has 0 radical (unpaired) electrons. The third kappa shape index (κ3) is 3.06. The first-order valence-electron chi connectivity index (χ1n) is 8.02. The third-order valence-corrected chi connectivity index (χ3v) is 5.56. The molecule has 0 saturated heterocycles. The van der Waals surface area contributed by atoms with E-state index in [0.29, 0.717) is 23.7 Å². The molecule has 128 valence electrons. The van der Waals surface area contributed by atoms with Gasteiger partial charge in [-0.25, -0.2) is 4.31 Å². The summed E-state index contributed by atoms with van der Waals surface area (Å²) in [5.41, 5.74) is 3.12. The molecule has 3 rings (SSSR count). The van der Waals surface area contributed by atoms with E-state index in [-0.39, 0.29) is 12.5 Å². The number of hydrogen-bond donors (Lipinski definition) is 1. The summed E-state index contributed by atoms with van der Waals surface area (Å²) in [4.78, 5) is 0. The molecule has 0 unspecified atom stereocenters. The molecule has 2 aromatic rings. The Kier molecular flexibility index (Phi) is 4.41. The number of hydrogen-bond acceptors (Lipinski definition) is 3. The summed E-state index contributed by atoms with van der Waals surface area (Å²) in [7, 11) is -3.72. The fraction of sp³-hybridized carbons (Fsp3) is 0.333. The van der Waals surface area contributed by atoms with Crippen molar-refractivity contribution in [3.63, 3.8) is 0 Å². The van der Waals surface area contributed by atoms with Crippen molar-refractivity contribution in [1.82, 2.24) is 0 Å². The SMILES string of the molecule is Cc1cccc(C(C)C)c1NS(=O)(=O)N1CCOc2ccccc21. The van der Waals surface area contributed by atoms with Crippen LogP contribution in [0.5, 0.6) is 5.75 Å². The Bertz CT molecular complexity index is 847. The Morgan fingerprint density at radius 3 is 2.62 bits per heavy atom. The first-order chi connectivity index (χ1) is 11.4. The van der Waals surface area contributed by atoms with Gasteiger partial charge in [0.15, 0.2) is 0 Å². The van der Waals surface area contributed by atoms with Crippen molar-refractivity contribution in [3.05, 3.63) is 53.6 Å². The number of rotatable bonds is 4. The van der Waals surface area contributed by atoms with Gasteiger partial charge in [0, 0.05) is 0 Å². The van der Waals surface area contributed by atoms with Crippen molar-refractivity contribution in [2.75, 3.05) is 22.2 Å². The average molecular weight is 346 g/mol. The molecule has 0 saturated carbocycles. The summed E-state index contributed by atoms with van der Waals surface area (Å²) in [6.07, 6.45) is 0. The molecule has 0 amide bonds. The number of nitrogens with one attached hydrogen (secondary N) is 1. The lowest BCUT2D eigenvalue weighted by molar-refractivity contribution is 0.316. The van der Waals surface area contributed by atoms with Gasteiger partial charge in [-0.15, -0.1) is 0 Å². The first kappa shape index (κ1) is 16.6. The van der Waals surface area contributed by atoms with Crippen LogP contribution in [-0.2, 0) is 10.2 Å². The molecule has 0 atom stereocenters. The summed E-state index contributed by atoms with van der Waals surface area (Å²) >= 11 is 0. The molecule has 5 nitrogen and oxygen atoms in total. The molecule has 1 N–H and O–H groups in total. The van der Waals surface area contributed by atoms with Gasteiger partial charge in [-0.2, -0.15) is 8.42 Å². The largest absolute Gasteiger partial charge is 0.489 e. The second-order valence-electron chi connectivity index (χ2n) is 6.19. The van der Waals surface area contributed by atoms with E-state index in [1.54, 1.807) is 12.1 Å². The van der Waals surface area contributed by atoms with Crippen LogP contribution in [0.15, 0.2) is 42.5 Å². The number of para-hydroxylation sites is 3. The molecule has 2 aromatic carbocycles. The maximum atomic E-state index is 13.0. The van der Waals surface area contributed by atoms with E-state index in [2.05, 4.69) is 18.6 Å². The minimum Gasteiger partial charge on any atom is -0.489 e. The average Bonchev–Trinajstić information content (AvgIpc) is 2.55. The fourth-order valence-corrected chi connectivity index (χ4v) is 4.26. The van der Waals surface area contributed by atoms with Crippen LogP contribution in [0.25, 0.3) is 0 Å².